The third kappa shape index (κ3) is 7.46. The van der Waals surface area contributed by atoms with Crippen LogP contribution in [0.15, 0.2) is 249 Å². The van der Waals surface area contributed by atoms with Crippen LogP contribution in [-0.4, -0.2) is 0 Å². The normalized spacial score (nSPS) is 11.1. The van der Waals surface area contributed by atoms with Crippen molar-refractivity contribution >= 4 is 27.8 Å². The van der Waals surface area contributed by atoms with E-state index in [2.05, 4.69) is 254 Å². The van der Waals surface area contributed by atoms with Gasteiger partial charge in [0.15, 0.2) is 0 Å². The van der Waals surface area contributed by atoms with Crippen molar-refractivity contribution in [2.45, 2.75) is 0 Å². The molecular weight excluding hydrogens is 711 g/mol. The van der Waals surface area contributed by atoms with Crippen LogP contribution in [0.25, 0.3) is 77.5 Å². The molecule has 0 fully saturated rings. The largest absolute Gasteiger partial charge is 0.310 e. The van der Waals surface area contributed by atoms with Gasteiger partial charge in [-0.3, -0.25) is 0 Å². The fourth-order valence-electron chi connectivity index (χ4n) is 8.24. The minimum atomic E-state index is 1.09. The van der Waals surface area contributed by atoms with Gasteiger partial charge >= 0.3 is 0 Å². The van der Waals surface area contributed by atoms with Crippen LogP contribution in [0.3, 0.4) is 0 Å². The summed E-state index contributed by atoms with van der Waals surface area (Å²) in [5.74, 6) is 0. The van der Waals surface area contributed by atoms with Crippen LogP contribution in [0.5, 0.6) is 0 Å². The Morgan fingerprint density at radius 1 is 0.203 bits per heavy atom. The molecule has 0 aliphatic heterocycles. The maximum absolute atomic E-state index is 2.37. The zero-order valence-electron chi connectivity index (χ0n) is 32.6. The van der Waals surface area contributed by atoms with Gasteiger partial charge in [-0.2, -0.15) is 0 Å². The molecule has 10 aromatic rings. The van der Waals surface area contributed by atoms with Gasteiger partial charge in [-0.1, -0.05) is 188 Å². The molecule has 0 N–H and O–H groups in total. The minimum absolute atomic E-state index is 1.09. The molecule has 0 atom stereocenters. The second-order valence-corrected chi connectivity index (χ2v) is 15.0. The summed E-state index contributed by atoms with van der Waals surface area (Å²) in [7, 11) is 0. The molecule has 0 aromatic heterocycles. The number of hydrogen-bond acceptors (Lipinski definition) is 1. The first kappa shape index (κ1) is 35.7. The van der Waals surface area contributed by atoms with Crippen molar-refractivity contribution in [3.8, 4) is 66.8 Å². The van der Waals surface area contributed by atoms with E-state index in [4.69, 9.17) is 0 Å². The summed E-state index contributed by atoms with van der Waals surface area (Å²) in [6, 6.07) is 89.8. The molecule has 0 bridgehead atoms. The second kappa shape index (κ2) is 16.0. The molecule has 0 radical (unpaired) electrons. The van der Waals surface area contributed by atoms with Gasteiger partial charge in [0.1, 0.15) is 0 Å². The van der Waals surface area contributed by atoms with E-state index >= 15 is 0 Å². The number of fused-ring (bicyclic) bond motifs is 1. The van der Waals surface area contributed by atoms with Crippen molar-refractivity contribution in [2.24, 2.45) is 0 Å². The highest BCUT2D eigenvalue weighted by molar-refractivity contribution is 5.97. The van der Waals surface area contributed by atoms with Crippen LogP contribution < -0.4 is 4.90 Å². The third-order valence-electron chi connectivity index (χ3n) is 11.2. The van der Waals surface area contributed by atoms with E-state index in [-0.39, 0.29) is 0 Å². The molecule has 0 saturated heterocycles. The summed E-state index contributed by atoms with van der Waals surface area (Å²) in [6.45, 7) is 0. The zero-order valence-corrected chi connectivity index (χ0v) is 32.6. The van der Waals surface area contributed by atoms with Gasteiger partial charge in [0.25, 0.3) is 0 Å². The molecule has 278 valence electrons. The van der Waals surface area contributed by atoms with E-state index in [1.807, 2.05) is 0 Å². The molecular formula is C58H41N. The zero-order chi connectivity index (χ0) is 39.4. The van der Waals surface area contributed by atoms with Crippen LogP contribution in [0.2, 0.25) is 0 Å². The quantitative estimate of drug-likeness (QED) is 0.142. The van der Waals surface area contributed by atoms with Crippen molar-refractivity contribution in [3.05, 3.63) is 249 Å². The molecule has 10 aromatic carbocycles. The van der Waals surface area contributed by atoms with Gasteiger partial charge in [-0.05, 0) is 138 Å². The maximum Gasteiger partial charge on any atom is 0.0467 e. The van der Waals surface area contributed by atoms with E-state index in [1.165, 1.54) is 77.5 Å². The summed E-state index contributed by atoms with van der Waals surface area (Å²) >= 11 is 0. The SMILES string of the molecule is c1ccc(-c2cccc(-c3ccc(N(c4ccc(-c5cc(-c6ccccc6)cc(-c6ccccc6)c5)cc4)c4cccc(-c5cccc6ccccc56)c4)cc3)c2)cc1. The van der Waals surface area contributed by atoms with Crippen molar-refractivity contribution in [1.82, 2.24) is 0 Å². The second-order valence-electron chi connectivity index (χ2n) is 15.0. The summed E-state index contributed by atoms with van der Waals surface area (Å²) in [5.41, 5.74) is 17.6. The summed E-state index contributed by atoms with van der Waals surface area (Å²) in [6.07, 6.45) is 0. The molecule has 0 spiro atoms. The molecule has 0 heterocycles. The number of hydrogen-bond donors (Lipinski definition) is 0. The van der Waals surface area contributed by atoms with Crippen molar-refractivity contribution < 1.29 is 0 Å². The summed E-state index contributed by atoms with van der Waals surface area (Å²) < 4.78 is 0. The van der Waals surface area contributed by atoms with Gasteiger partial charge in [0, 0.05) is 17.1 Å². The Kier molecular flexibility index (Phi) is 9.68. The molecule has 0 unspecified atom stereocenters. The van der Waals surface area contributed by atoms with Gasteiger partial charge in [0.05, 0.1) is 0 Å². The van der Waals surface area contributed by atoms with Crippen molar-refractivity contribution in [2.75, 3.05) is 4.90 Å². The Morgan fingerprint density at radius 2 is 0.576 bits per heavy atom. The van der Waals surface area contributed by atoms with Crippen LogP contribution in [-0.2, 0) is 0 Å². The molecule has 1 nitrogen and oxygen atoms in total. The average molecular weight is 752 g/mol. The summed E-state index contributed by atoms with van der Waals surface area (Å²) in [5, 5.41) is 2.49. The molecule has 59 heavy (non-hydrogen) atoms. The van der Waals surface area contributed by atoms with E-state index in [0.29, 0.717) is 0 Å². The Balaban J connectivity index is 1.06. The van der Waals surface area contributed by atoms with Gasteiger partial charge < -0.3 is 4.90 Å². The Labute approximate surface area is 346 Å². The minimum Gasteiger partial charge on any atom is -0.310 e. The van der Waals surface area contributed by atoms with Crippen LogP contribution in [0.1, 0.15) is 0 Å². The lowest BCUT2D eigenvalue weighted by Gasteiger charge is -2.26. The number of benzene rings is 10. The fraction of sp³-hybridized carbons (Fsp3) is 0. The first-order chi connectivity index (χ1) is 29.2. The van der Waals surface area contributed by atoms with Crippen molar-refractivity contribution in [3.63, 3.8) is 0 Å². The van der Waals surface area contributed by atoms with E-state index in [0.717, 1.165) is 17.1 Å². The van der Waals surface area contributed by atoms with Crippen LogP contribution in [0.4, 0.5) is 17.1 Å². The Hall–Kier alpha value is -7.74. The predicted octanol–water partition coefficient (Wildman–Crippen LogP) is 16.3. The third-order valence-corrected chi connectivity index (χ3v) is 11.2. The van der Waals surface area contributed by atoms with Gasteiger partial charge in [-0.25, -0.2) is 0 Å². The standard InChI is InChI=1S/C58H41N/c1-4-15-42(16-5-1)48-23-12-24-49(37-48)45-29-33-54(34-30-45)59(56-26-13-25-50(41-56)58-28-14-22-47-21-10-11-27-57(47)58)55-35-31-46(32-36-55)53-39-51(43-17-6-2-7-18-43)38-52(40-53)44-19-8-3-9-20-44/h1-41H. The Morgan fingerprint density at radius 3 is 1.14 bits per heavy atom. The lowest BCUT2D eigenvalue weighted by Crippen LogP contribution is -2.10. The summed E-state index contributed by atoms with van der Waals surface area (Å²) in [4.78, 5) is 2.37. The molecule has 0 saturated carbocycles. The number of anilines is 3. The highest BCUT2D eigenvalue weighted by Crippen LogP contribution is 2.40. The molecule has 1 heteroatoms. The number of nitrogens with zero attached hydrogens (tertiary/aromatic N) is 1. The molecule has 10 rings (SSSR count). The monoisotopic (exact) mass is 751 g/mol. The van der Waals surface area contributed by atoms with E-state index in [1.54, 1.807) is 0 Å². The smallest absolute Gasteiger partial charge is 0.0467 e. The first-order valence-corrected chi connectivity index (χ1v) is 20.2. The van der Waals surface area contributed by atoms with E-state index < -0.39 is 0 Å². The predicted molar refractivity (Wildman–Crippen MR) is 251 cm³/mol. The molecule has 0 aliphatic rings. The highest BCUT2D eigenvalue weighted by Gasteiger charge is 2.16. The number of rotatable bonds is 9. The average Bonchev–Trinajstić information content (AvgIpc) is 3.33. The Bertz CT molecular complexity index is 2940. The topological polar surface area (TPSA) is 3.24 Å². The van der Waals surface area contributed by atoms with Crippen molar-refractivity contribution in [1.29, 1.82) is 0 Å². The highest BCUT2D eigenvalue weighted by atomic mass is 15.1. The first-order valence-electron chi connectivity index (χ1n) is 20.2. The van der Waals surface area contributed by atoms with Gasteiger partial charge in [-0.15, -0.1) is 0 Å². The lowest BCUT2D eigenvalue weighted by atomic mass is 9.93. The van der Waals surface area contributed by atoms with Crippen LogP contribution in [0, 0.1) is 0 Å². The molecule has 0 aliphatic carbocycles. The fourth-order valence-corrected chi connectivity index (χ4v) is 8.24. The van der Waals surface area contributed by atoms with Gasteiger partial charge in [0.2, 0.25) is 0 Å². The molecule has 0 amide bonds. The maximum atomic E-state index is 2.37. The lowest BCUT2D eigenvalue weighted by molar-refractivity contribution is 1.28. The van der Waals surface area contributed by atoms with E-state index in [9.17, 15) is 0 Å². The van der Waals surface area contributed by atoms with Crippen LogP contribution >= 0.6 is 0 Å².